The molecule has 0 fully saturated rings. The highest BCUT2D eigenvalue weighted by Gasteiger charge is 2.12. The van der Waals surface area contributed by atoms with Crippen LogP contribution in [-0.2, 0) is 0 Å². The molecule has 0 aliphatic heterocycles. The fourth-order valence-corrected chi connectivity index (χ4v) is 1.70. The van der Waals surface area contributed by atoms with Crippen LogP contribution in [0.3, 0.4) is 0 Å². The first kappa shape index (κ1) is 15.4. The summed E-state index contributed by atoms with van der Waals surface area (Å²) < 4.78 is 7.35. The molecular weight excluding hydrogens is 280 g/mol. The number of hydrogen-bond donors (Lipinski definition) is 0. The summed E-state index contributed by atoms with van der Waals surface area (Å²) in [6.07, 6.45) is 3.78. The van der Waals surface area contributed by atoms with E-state index < -0.39 is 0 Å². The van der Waals surface area contributed by atoms with Crippen LogP contribution in [0.1, 0.15) is 0 Å². The molecule has 0 unspecified atom stereocenters. The van der Waals surface area contributed by atoms with Crippen molar-refractivity contribution in [2.75, 3.05) is 19.0 Å². The predicted octanol–water partition coefficient (Wildman–Crippen LogP) is -0.744. The van der Waals surface area contributed by atoms with Gasteiger partial charge in [-0.1, -0.05) is 18.2 Å². The van der Waals surface area contributed by atoms with Crippen molar-refractivity contribution in [2.45, 2.75) is 0 Å². The van der Waals surface area contributed by atoms with Gasteiger partial charge >= 0.3 is 5.17 Å². The van der Waals surface area contributed by atoms with Gasteiger partial charge in [-0.3, -0.25) is 0 Å². The molecule has 0 spiro atoms. The molecule has 0 saturated carbocycles. The molecule has 0 aliphatic carbocycles. The van der Waals surface area contributed by atoms with E-state index in [4.69, 9.17) is 17.0 Å². The first-order chi connectivity index (χ1) is 8.66. The van der Waals surface area contributed by atoms with Gasteiger partial charge in [-0.2, -0.15) is 0 Å². The van der Waals surface area contributed by atoms with E-state index >= 15 is 0 Å². The first-order valence-corrected chi connectivity index (χ1v) is 6.03. The van der Waals surface area contributed by atoms with Gasteiger partial charge in [0.15, 0.2) is 12.4 Å². The van der Waals surface area contributed by atoms with Crippen LogP contribution in [0.25, 0.3) is 0 Å². The molecule has 1 heterocycles. The van der Waals surface area contributed by atoms with Crippen LogP contribution in [0, 0.1) is 0 Å². The van der Waals surface area contributed by atoms with E-state index in [1.54, 1.807) is 4.57 Å². The Morgan fingerprint density at radius 3 is 2.16 bits per heavy atom. The van der Waals surface area contributed by atoms with E-state index in [9.17, 15) is 0 Å². The Bertz CT molecular complexity index is 529. The third-order valence-corrected chi connectivity index (χ3v) is 2.78. The lowest BCUT2D eigenvalue weighted by atomic mass is 10.3. The van der Waals surface area contributed by atoms with Gasteiger partial charge in [-0.15, -0.1) is 4.57 Å². The molecular formula is C14H15ClN2OS. The molecule has 100 valence electrons. The van der Waals surface area contributed by atoms with Crippen LogP contribution in [0.5, 0.6) is 5.75 Å². The van der Waals surface area contributed by atoms with Crippen LogP contribution in [0.2, 0.25) is 0 Å². The summed E-state index contributed by atoms with van der Waals surface area (Å²) in [5.74, 6) is 0.742. The van der Waals surface area contributed by atoms with Crippen molar-refractivity contribution in [3.05, 3.63) is 54.9 Å². The molecule has 0 aliphatic rings. The van der Waals surface area contributed by atoms with Crippen molar-refractivity contribution in [1.29, 1.82) is 0 Å². The minimum atomic E-state index is 0. The molecule has 19 heavy (non-hydrogen) atoms. The fraction of sp³-hybridized carbons (Fsp3) is 0.143. The zero-order chi connectivity index (χ0) is 13.0. The van der Waals surface area contributed by atoms with Gasteiger partial charge in [0, 0.05) is 44.1 Å². The topological polar surface area (TPSA) is 16.4 Å². The molecule has 0 N–H and O–H groups in total. The summed E-state index contributed by atoms with van der Waals surface area (Å²) in [7, 11) is 4.00. The number of pyridine rings is 1. The first-order valence-electron chi connectivity index (χ1n) is 5.63. The van der Waals surface area contributed by atoms with E-state index in [1.807, 2.05) is 73.9 Å². The molecule has 0 atom stereocenters. The third-order valence-electron chi connectivity index (χ3n) is 2.49. The lowest BCUT2D eigenvalue weighted by Gasteiger charge is -2.10. The number of thiocarbonyl (C=S) groups is 1. The minimum absolute atomic E-state index is 0. The van der Waals surface area contributed by atoms with Crippen molar-refractivity contribution in [3.63, 3.8) is 0 Å². The van der Waals surface area contributed by atoms with Gasteiger partial charge in [0.05, 0.1) is 0 Å². The van der Waals surface area contributed by atoms with Crippen molar-refractivity contribution in [3.8, 4) is 5.75 Å². The Morgan fingerprint density at radius 1 is 1.05 bits per heavy atom. The number of benzene rings is 1. The Balaban J connectivity index is 0.00000180. The van der Waals surface area contributed by atoms with Gasteiger partial charge in [-0.05, 0) is 12.1 Å². The number of nitrogens with zero attached hydrogens (tertiary/aromatic N) is 2. The largest absolute Gasteiger partial charge is 1.00 e. The Morgan fingerprint density at radius 2 is 1.63 bits per heavy atom. The zero-order valence-electron chi connectivity index (χ0n) is 10.8. The summed E-state index contributed by atoms with van der Waals surface area (Å²) in [5.41, 5.74) is 1.12. The van der Waals surface area contributed by atoms with Gasteiger partial charge in [-0.25, -0.2) is 0 Å². The summed E-state index contributed by atoms with van der Waals surface area (Å²) in [6.45, 7) is 0. The number of rotatable bonds is 2. The highest BCUT2D eigenvalue weighted by molar-refractivity contribution is 7.79. The van der Waals surface area contributed by atoms with Gasteiger partial charge < -0.3 is 22.0 Å². The molecule has 2 aromatic rings. The number of aromatic nitrogens is 1. The predicted molar refractivity (Wildman–Crippen MR) is 76.0 cm³/mol. The average Bonchev–Trinajstić information content (AvgIpc) is 2.40. The Hall–Kier alpha value is -1.65. The van der Waals surface area contributed by atoms with Crippen LogP contribution in [0.15, 0.2) is 54.9 Å². The summed E-state index contributed by atoms with van der Waals surface area (Å²) in [5, 5.41) is 0.409. The lowest BCUT2D eigenvalue weighted by molar-refractivity contribution is -0.564. The second-order valence-electron chi connectivity index (χ2n) is 4.04. The van der Waals surface area contributed by atoms with E-state index in [0.717, 1.165) is 11.4 Å². The molecule has 0 radical (unpaired) electrons. The summed E-state index contributed by atoms with van der Waals surface area (Å²) in [6, 6.07) is 13.5. The van der Waals surface area contributed by atoms with Crippen LogP contribution < -0.4 is 26.6 Å². The molecule has 2 rings (SSSR count). The van der Waals surface area contributed by atoms with Crippen LogP contribution in [-0.4, -0.2) is 19.3 Å². The number of ether oxygens (including phenoxy) is 1. The molecule has 5 heteroatoms. The molecule has 0 amide bonds. The smallest absolute Gasteiger partial charge is 0.451 e. The minimum Gasteiger partial charge on any atom is -1.00 e. The number of halogens is 1. The maximum Gasteiger partial charge on any atom is 0.451 e. The van der Waals surface area contributed by atoms with E-state index in [-0.39, 0.29) is 12.4 Å². The van der Waals surface area contributed by atoms with E-state index in [2.05, 4.69) is 0 Å². The van der Waals surface area contributed by atoms with Crippen molar-refractivity contribution in [1.82, 2.24) is 0 Å². The molecule has 1 aromatic heterocycles. The quantitative estimate of drug-likeness (QED) is 0.536. The average molecular weight is 295 g/mol. The highest BCUT2D eigenvalue weighted by Crippen LogP contribution is 2.09. The monoisotopic (exact) mass is 294 g/mol. The second kappa shape index (κ2) is 7.07. The van der Waals surface area contributed by atoms with Gasteiger partial charge in [0.1, 0.15) is 5.75 Å². The van der Waals surface area contributed by atoms with E-state index in [0.29, 0.717) is 5.17 Å². The number of anilines is 1. The van der Waals surface area contributed by atoms with Crippen molar-refractivity contribution < 1.29 is 21.7 Å². The van der Waals surface area contributed by atoms with Crippen LogP contribution >= 0.6 is 12.2 Å². The summed E-state index contributed by atoms with van der Waals surface area (Å²) in [4.78, 5) is 2.03. The SMILES string of the molecule is CN(C)c1cc[n+](C(=S)Oc2ccccc2)cc1.[Cl-]. The lowest BCUT2D eigenvalue weighted by Crippen LogP contribution is -3.00. The standard InChI is InChI=1S/C14H15N2OS.ClH/c1-15(2)12-8-10-16(11-9-12)14(18)17-13-6-4-3-5-7-13;/h3-11H,1-2H3;1H/q+1;/p-1. The van der Waals surface area contributed by atoms with Crippen molar-refractivity contribution in [2.24, 2.45) is 0 Å². The number of para-hydroxylation sites is 1. The van der Waals surface area contributed by atoms with E-state index in [1.165, 1.54) is 0 Å². The van der Waals surface area contributed by atoms with Gasteiger partial charge in [0.25, 0.3) is 0 Å². The normalized spacial score (nSPS) is 9.37. The molecule has 3 nitrogen and oxygen atoms in total. The number of hydrogen-bond acceptors (Lipinski definition) is 3. The molecule has 0 saturated heterocycles. The third kappa shape index (κ3) is 4.19. The molecule has 0 bridgehead atoms. The maximum absolute atomic E-state index is 5.58. The van der Waals surface area contributed by atoms with Crippen LogP contribution in [0.4, 0.5) is 5.69 Å². The molecule has 1 aromatic carbocycles. The fourth-order valence-electron chi connectivity index (χ4n) is 1.48. The Kier molecular flexibility index (Phi) is 5.73. The second-order valence-corrected chi connectivity index (χ2v) is 4.39. The Labute approximate surface area is 124 Å². The summed E-state index contributed by atoms with van der Waals surface area (Å²) >= 11 is 5.24. The van der Waals surface area contributed by atoms with Crippen molar-refractivity contribution >= 4 is 23.1 Å². The van der Waals surface area contributed by atoms with Gasteiger partial charge in [0.2, 0.25) is 0 Å². The highest BCUT2D eigenvalue weighted by atomic mass is 35.5. The zero-order valence-corrected chi connectivity index (χ0v) is 12.4. The maximum atomic E-state index is 5.58.